The molecule has 1 aromatic carbocycles. The number of aromatic amines is 1. The first-order valence-electron chi connectivity index (χ1n) is 8.56. The summed E-state index contributed by atoms with van der Waals surface area (Å²) in [4.78, 5) is 16.4. The highest BCUT2D eigenvalue weighted by Crippen LogP contribution is 2.27. The van der Waals surface area contributed by atoms with Crippen LogP contribution in [0, 0.1) is 6.92 Å². The van der Waals surface area contributed by atoms with Crippen LogP contribution in [-0.2, 0) is 6.42 Å². The average molecular weight is 404 g/mol. The van der Waals surface area contributed by atoms with Crippen molar-refractivity contribution >= 4 is 5.70 Å². The second kappa shape index (κ2) is 7.84. The van der Waals surface area contributed by atoms with Crippen molar-refractivity contribution in [3.8, 4) is 5.82 Å². The molecule has 0 atom stereocenters. The van der Waals surface area contributed by atoms with E-state index < -0.39 is 23.1 Å². The molecule has 0 bridgehead atoms. The number of nitrogens with two attached hydrogens (primary N) is 2. The number of halogens is 3. The predicted octanol–water partition coefficient (Wildman–Crippen LogP) is 2.11. The van der Waals surface area contributed by atoms with Crippen LogP contribution >= 0.6 is 0 Å². The zero-order valence-electron chi connectivity index (χ0n) is 15.4. The Hall–Kier alpha value is -3.53. The molecular formula is C19H19F3N6O. The lowest BCUT2D eigenvalue weighted by Gasteiger charge is -2.14. The van der Waals surface area contributed by atoms with Gasteiger partial charge in [-0.3, -0.25) is 15.7 Å². The molecular weight excluding hydrogens is 385 g/mol. The summed E-state index contributed by atoms with van der Waals surface area (Å²) < 4.78 is 40.2. The molecule has 152 valence electrons. The Morgan fingerprint density at radius 2 is 1.90 bits per heavy atom. The maximum atomic E-state index is 13.0. The first-order valence-corrected chi connectivity index (χ1v) is 8.56. The molecule has 7 nitrogen and oxygen atoms in total. The molecule has 0 radical (unpaired) electrons. The van der Waals surface area contributed by atoms with Gasteiger partial charge in [-0.2, -0.15) is 13.2 Å². The van der Waals surface area contributed by atoms with E-state index in [4.69, 9.17) is 11.6 Å². The van der Waals surface area contributed by atoms with E-state index in [2.05, 4.69) is 10.1 Å². The standard InChI is InChI=1S/C19H19F3N6O/c1-11-2-4-12(5-3-11)8-14-10-16(29)28(27-14)15-9-13(6-7-25-15)17(23)18(26-24)19(20,21)22/h2-7,9-10,26-27H,8,23-24H2,1H3/b18-17-. The summed E-state index contributed by atoms with van der Waals surface area (Å²) in [5, 5.41) is 2.92. The van der Waals surface area contributed by atoms with Gasteiger partial charge < -0.3 is 11.2 Å². The number of alkyl halides is 3. The largest absolute Gasteiger partial charge is 0.434 e. The average Bonchev–Trinajstić information content (AvgIpc) is 3.03. The lowest BCUT2D eigenvalue weighted by Crippen LogP contribution is -2.34. The Morgan fingerprint density at radius 1 is 1.21 bits per heavy atom. The summed E-state index contributed by atoms with van der Waals surface area (Å²) in [6.07, 6.45) is -3.01. The first-order chi connectivity index (χ1) is 13.7. The number of pyridine rings is 1. The van der Waals surface area contributed by atoms with E-state index in [-0.39, 0.29) is 11.4 Å². The molecule has 0 aliphatic heterocycles. The van der Waals surface area contributed by atoms with Crippen molar-refractivity contribution in [1.29, 1.82) is 0 Å². The number of allylic oxidation sites excluding steroid dienone is 1. The molecule has 0 aliphatic carbocycles. The maximum Gasteiger partial charge on any atom is 0.434 e. The number of hydrogen-bond acceptors (Lipinski definition) is 5. The third kappa shape index (κ3) is 4.49. The Labute approximate surface area is 163 Å². The third-order valence-electron chi connectivity index (χ3n) is 4.27. The molecule has 0 amide bonds. The lowest BCUT2D eigenvalue weighted by atomic mass is 10.1. The van der Waals surface area contributed by atoms with Crippen LogP contribution in [0.25, 0.3) is 11.5 Å². The van der Waals surface area contributed by atoms with Crippen LogP contribution in [0.15, 0.2) is 59.2 Å². The number of benzene rings is 1. The van der Waals surface area contributed by atoms with Gasteiger partial charge in [-0.1, -0.05) is 29.8 Å². The minimum Gasteiger partial charge on any atom is -0.397 e. The smallest absolute Gasteiger partial charge is 0.397 e. The van der Waals surface area contributed by atoms with Crippen LogP contribution in [0.2, 0.25) is 0 Å². The van der Waals surface area contributed by atoms with E-state index in [1.165, 1.54) is 24.4 Å². The number of aromatic nitrogens is 3. The zero-order chi connectivity index (χ0) is 21.2. The van der Waals surface area contributed by atoms with Crippen molar-refractivity contribution < 1.29 is 13.2 Å². The molecule has 29 heavy (non-hydrogen) atoms. The highest BCUT2D eigenvalue weighted by molar-refractivity contribution is 5.67. The SMILES string of the molecule is Cc1ccc(Cc2cc(=O)n(-c3cc(/C(N)=C(/NN)C(F)(F)F)ccn3)[nH]2)cc1. The Morgan fingerprint density at radius 3 is 2.52 bits per heavy atom. The van der Waals surface area contributed by atoms with Crippen LogP contribution in [0.4, 0.5) is 13.2 Å². The fourth-order valence-corrected chi connectivity index (χ4v) is 2.80. The predicted molar refractivity (Wildman–Crippen MR) is 103 cm³/mol. The first kappa shape index (κ1) is 20.2. The van der Waals surface area contributed by atoms with Crippen LogP contribution < -0.4 is 22.6 Å². The summed E-state index contributed by atoms with van der Waals surface area (Å²) in [6, 6.07) is 11.8. The van der Waals surface area contributed by atoms with Gasteiger partial charge in [0.25, 0.3) is 5.56 Å². The van der Waals surface area contributed by atoms with E-state index in [0.717, 1.165) is 15.8 Å². The number of hydrazine groups is 1. The van der Waals surface area contributed by atoms with Crippen molar-refractivity contribution in [2.75, 3.05) is 0 Å². The molecule has 0 aliphatic rings. The fraction of sp³-hybridized carbons (Fsp3) is 0.158. The molecule has 0 saturated heterocycles. The molecule has 0 spiro atoms. The van der Waals surface area contributed by atoms with Crippen molar-refractivity contribution in [3.63, 3.8) is 0 Å². The van der Waals surface area contributed by atoms with Crippen molar-refractivity contribution in [2.24, 2.45) is 11.6 Å². The van der Waals surface area contributed by atoms with Crippen molar-refractivity contribution in [1.82, 2.24) is 20.2 Å². The molecule has 0 fully saturated rings. The molecule has 2 heterocycles. The highest BCUT2D eigenvalue weighted by atomic mass is 19.4. The van der Waals surface area contributed by atoms with Crippen LogP contribution in [0.3, 0.4) is 0 Å². The highest BCUT2D eigenvalue weighted by Gasteiger charge is 2.36. The summed E-state index contributed by atoms with van der Waals surface area (Å²) in [5.74, 6) is 5.07. The second-order valence-corrected chi connectivity index (χ2v) is 6.45. The lowest BCUT2D eigenvalue weighted by molar-refractivity contribution is -0.0961. The zero-order valence-corrected chi connectivity index (χ0v) is 15.4. The van der Waals surface area contributed by atoms with Crippen LogP contribution in [0.5, 0.6) is 0 Å². The number of rotatable bonds is 5. The minimum atomic E-state index is -4.76. The molecule has 0 unspecified atom stereocenters. The van der Waals surface area contributed by atoms with Crippen molar-refractivity contribution in [3.05, 3.63) is 87.1 Å². The number of aryl methyl sites for hydroxylation is 1. The monoisotopic (exact) mass is 404 g/mol. The van der Waals surface area contributed by atoms with Gasteiger partial charge in [-0.05, 0) is 24.6 Å². The normalized spacial score (nSPS) is 12.6. The third-order valence-corrected chi connectivity index (χ3v) is 4.27. The summed E-state index contributed by atoms with van der Waals surface area (Å²) in [7, 11) is 0. The van der Waals surface area contributed by atoms with Gasteiger partial charge in [0.15, 0.2) is 11.5 Å². The summed E-state index contributed by atoms with van der Waals surface area (Å²) >= 11 is 0. The molecule has 2 aromatic heterocycles. The number of H-pyrrole nitrogens is 1. The molecule has 6 N–H and O–H groups in total. The topological polar surface area (TPSA) is 115 Å². The van der Waals surface area contributed by atoms with E-state index in [1.807, 2.05) is 31.2 Å². The van der Waals surface area contributed by atoms with E-state index in [9.17, 15) is 18.0 Å². The molecule has 10 heteroatoms. The summed E-state index contributed by atoms with van der Waals surface area (Å²) in [5.41, 5.74) is 7.70. The second-order valence-electron chi connectivity index (χ2n) is 6.45. The Kier molecular flexibility index (Phi) is 5.46. The number of hydrogen-bond donors (Lipinski definition) is 4. The van der Waals surface area contributed by atoms with Crippen molar-refractivity contribution in [2.45, 2.75) is 19.5 Å². The van der Waals surface area contributed by atoms with Gasteiger partial charge in [-0.15, -0.1) is 0 Å². The quantitative estimate of drug-likeness (QED) is 0.384. The number of nitrogens with zero attached hydrogens (tertiary/aromatic N) is 2. The molecule has 0 saturated carbocycles. The van der Waals surface area contributed by atoms with Gasteiger partial charge in [0, 0.05) is 29.9 Å². The van der Waals surface area contributed by atoms with E-state index in [0.29, 0.717) is 12.1 Å². The molecule has 3 aromatic rings. The maximum absolute atomic E-state index is 13.0. The Balaban J connectivity index is 1.95. The van der Waals surface area contributed by atoms with Gasteiger partial charge in [0.1, 0.15) is 0 Å². The van der Waals surface area contributed by atoms with Gasteiger partial charge in [0.05, 0.1) is 5.70 Å². The Bertz CT molecular complexity index is 1100. The van der Waals surface area contributed by atoms with Gasteiger partial charge >= 0.3 is 6.18 Å². The van der Waals surface area contributed by atoms with E-state index >= 15 is 0 Å². The van der Waals surface area contributed by atoms with E-state index in [1.54, 1.807) is 5.43 Å². The summed E-state index contributed by atoms with van der Waals surface area (Å²) in [6.45, 7) is 1.98. The number of nitrogens with one attached hydrogen (secondary N) is 2. The van der Waals surface area contributed by atoms with Gasteiger partial charge in [0.2, 0.25) is 0 Å². The van der Waals surface area contributed by atoms with Crippen LogP contribution in [-0.4, -0.2) is 20.9 Å². The van der Waals surface area contributed by atoms with Crippen LogP contribution in [0.1, 0.15) is 22.4 Å². The molecule has 3 rings (SSSR count). The fourth-order valence-electron chi connectivity index (χ4n) is 2.80. The van der Waals surface area contributed by atoms with Gasteiger partial charge in [-0.25, -0.2) is 9.67 Å². The minimum absolute atomic E-state index is 0.0156.